The number of halogens is 2. The van der Waals surface area contributed by atoms with Crippen LogP contribution in [0.25, 0.3) is 0 Å². The summed E-state index contributed by atoms with van der Waals surface area (Å²) in [7, 11) is 1.72. The Kier molecular flexibility index (Phi) is 5.76. The van der Waals surface area contributed by atoms with Gasteiger partial charge in [0.25, 0.3) is 5.56 Å². The van der Waals surface area contributed by atoms with E-state index in [4.69, 9.17) is 4.74 Å². The molecule has 0 spiro atoms. The quantitative estimate of drug-likeness (QED) is 0.323. The van der Waals surface area contributed by atoms with E-state index in [9.17, 15) is 18.8 Å². The van der Waals surface area contributed by atoms with Crippen LogP contribution in [0.1, 0.15) is 10.4 Å². The Morgan fingerprint density at radius 2 is 2.19 bits per heavy atom. The van der Waals surface area contributed by atoms with E-state index in [1.807, 2.05) is 4.98 Å². The molecule has 21 heavy (non-hydrogen) atoms. The number of nitrogens with zero attached hydrogens (tertiary/aromatic N) is 2. The maximum atomic E-state index is 13.0. The van der Waals surface area contributed by atoms with Crippen molar-refractivity contribution in [3.63, 3.8) is 0 Å². The molecule has 0 aromatic carbocycles. The van der Waals surface area contributed by atoms with Gasteiger partial charge in [0, 0.05) is 12.3 Å². The third kappa shape index (κ3) is 3.97. The second-order valence-corrected chi connectivity index (χ2v) is 3.99. The molecule has 0 saturated carbocycles. The van der Waals surface area contributed by atoms with Gasteiger partial charge < -0.3 is 33.7 Å². The van der Waals surface area contributed by atoms with Gasteiger partial charge in [-0.25, -0.2) is 18.7 Å². The van der Waals surface area contributed by atoms with Crippen molar-refractivity contribution in [1.29, 1.82) is 0 Å². The molecule has 0 amide bonds. The molecular weight excluding hydrogens is 396 g/mol. The number of hydrogen-bond acceptors (Lipinski definition) is 4. The molecule has 0 unspecified atom stereocenters. The molecule has 2 aromatic heterocycles. The summed E-state index contributed by atoms with van der Waals surface area (Å²) >= 11 is 0. The zero-order valence-corrected chi connectivity index (χ0v) is 13.0. The molecular formula is C12H11FIN3O4. The lowest BCUT2D eigenvalue weighted by Gasteiger charge is -2.05. The molecule has 0 radical (unpaired) electrons. The molecule has 2 rings (SSSR count). The number of hydrogen-bond donors (Lipinski definition) is 1. The first-order chi connectivity index (χ1) is 9.49. The van der Waals surface area contributed by atoms with Crippen LogP contribution < -0.4 is 39.8 Å². The summed E-state index contributed by atoms with van der Waals surface area (Å²) in [5.41, 5.74) is -1.76. The van der Waals surface area contributed by atoms with Gasteiger partial charge >= 0.3 is 11.7 Å². The topological polar surface area (TPSA) is 85.0 Å². The van der Waals surface area contributed by atoms with E-state index in [2.05, 4.69) is 0 Å². The fourth-order valence-electron chi connectivity index (χ4n) is 1.52. The molecule has 0 aliphatic carbocycles. The molecule has 0 saturated heterocycles. The van der Waals surface area contributed by atoms with Crippen molar-refractivity contribution < 1.29 is 42.5 Å². The zero-order chi connectivity index (χ0) is 14.7. The second kappa shape index (κ2) is 7.11. The van der Waals surface area contributed by atoms with Crippen molar-refractivity contribution in [3.8, 4) is 0 Å². The van der Waals surface area contributed by atoms with E-state index in [0.29, 0.717) is 10.8 Å². The average Bonchev–Trinajstić information content (AvgIpc) is 2.43. The van der Waals surface area contributed by atoms with Gasteiger partial charge in [0.2, 0.25) is 5.82 Å². The van der Waals surface area contributed by atoms with Gasteiger partial charge in [-0.05, 0) is 6.07 Å². The number of rotatable bonds is 3. The van der Waals surface area contributed by atoms with Crippen LogP contribution in [0.3, 0.4) is 0 Å². The lowest BCUT2D eigenvalue weighted by atomic mass is 10.3. The molecule has 0 atom stereocenters. The van der Waals surface area contributed by atoms with Gasteiger partial charge in [-0.1, -0.05) is 0 Å². The molecule has 9 heteroatoms. The van der Waals surface area contributed by atoms with Crippen molar-refractivity contribution in [2.24, 2.45) is 7.05 Å². The molecule has 0 aliphatic heterocycles. The van der Waals surface area contributed by atoms with Crippen LogP contribution in [0.4, 0.5) is 4.39 Å². The minimum Gasteiger partial charge on any atom is -1.00 e. The van der Waals surface area contributed by atoms with Crippen molar-refractivity contribution in [2.75, 3.05) is 0 Å². The Bertz CT molecular complexity index is 772. The Morgan fingerprint density at radius 1 is 1.48 bits per heavy atom. The molecule has 0 fully saturated rings. The minimum atomic E-state index is -1.15. The molecule has 0 bridgehead atoms. The van der Waals surface area contributed by atoms with Crippen LogP contribution in [0, 0.1) is 5.82 Å². The van der Waals surface area contributed by atoms with Gasteiger partial charge in [-0.3, -0.25) is 4.79 Å². The van der Waals surface area contributed by atoms with E-state index in [0.717, 1.165) is 0 Å². The number of nitrogens with one attached hydrogen (secondary N) is 1. The predicted molar refractivity (Wildman–Crippen MR) is 64.3 cm³/mol. The molecule has 0 aliphatic rings. The number of aryl methyl sites for hydroxylation is 1. The number of aromatic amines is 1. The Morgan fingerprint density at radius 3 is 2.86 bits per heavy atom. The van der Waals surface area contributed by atoms with Gasteiger partial charge in [-0.15, -0.1) is 0 Å². The number of H-pyrrole nitrogens is 1. The van der Waals surface area contributed by atoms with E-state index >= 15 is 0 Å². The number of carbonyl (C=O) groups is 1. The average molecular weight is 407 g/mol. The lowest BCUT2D eigenvalue weighted by Crippen LogP contribution is -3.00. The Hall–Kier alpha value is -2.04. The predicted octanol–water partition coefficient (Wildman–Crippen LogP) is -3.68. The van der Waals surface area contributed by atoms with Crippen LogP contribution in [0.5, 0.6) is 0 Å². The molecule has 2 aromatic rings. The van der Waals surface area contributed by atoms with Crippen LogP contribution in [-0.4, -0.2) is 15.5 Å². The maximum Gasteiger partial charge on any atom is 0.345 e. The first-order valence-corrected chi connectivity index (χ1v) is 5.59. The van der Waals surface area contributed by atoms with Gasteiger partial charge in [0.05, 0.1) is 0 Å². The number of ether oxygens (including phenoxy) is 1. The number of aromatic nitrogens is 3. The van der Waals surface area contributed by atoms with Gasteiger partial charge in [-0.2, -0.15) is 4.39 Å². The third-order valence-electron chi connectivity index (χ3n) is 2.52. The van der Waals surface area contributed by atoms with Gasteiger partial charge in [0.1, 0.15) is 12.6 Å². The van der Waals surface area contributed by atoms with Crippen LogP contribution in [0.2, 0.25) is 0 Å². The van der Waals surface area contributed by atoms with E-state index in [-0.39, 0.29) is 29.5 Å². The number of pyridine rings is 1. The highest BCUT2D eigenvalue weighted by Crippen LogP contribution is 1.98. The third-order valence-corrected chi connectivity index (χ3v) is 2.52. The molecule has 7 nitrogen and oxygen atoms in total. The molecule has 2 heterocycles. The fraction of sp³-hybridized carbons (Fsp3) is 0.167. The minimum absolute atomic E-state index is 0. The first kappa shape index (κ1) is 17.0. The summed E-state index contributed by atoms with van der Waals surface area (Å²) in [4.78, 5) is 36.4. The highest BCUT2D eigenvalue weighted by Gasteiger charge is 2.13. The standard InChI is InChI=1S/C12H10FN3O4.HI/c1-15-4-2-3-8(6-15)11(18)20-7-16-10(17)9(13)5-14-12(16)19;/h2-6H,7H2,1H3;1H. The largest absolute Gasteiger partial charge is 1.00 e. The van der Waals surface area contributed by atoms with Crippen molar-refractivity contribution in [2.45, 2.75) is 6.73 Å². The molecule has 1 N–H and O–H groups in total. The van der Waals surface area contributed by atoms with Crippen molar-refractivity contribution >= 4 is 5.97 Å². The Labute approximate surface area is 135 Å². The van der Waals surface area contributed by atoms with E-state index < -0.39 is 29.8 Å². The van der Waals surface area contributed by atoms with Crippen LogP contribution in [0.15, 0.2) is 40.3 Å². The summed E-state index contributed by atoms with van der Waals surface area (Å²) in [5, 5.41) is 0. The summed E-state index contributed by atoms with van der Waals surface area (Å²) in [6.07, 6.45) is 3.89. The van der Waals surface area contributed by atoms with Gasteiger partial charge in [0.15, 0.2) is 19.1 Å². The fourth-order valence-corrected chi connectivity index (χ4v) is 1.52. The monoisotopic (exact) mass is 407 g/mol. The second-order valence-electron chi connectivity index (χ2n) is 3.99. The zero-order valence-electron chi connectivity index (χ0n) is 10.9. The van der Waals surface area contributed by atoms with Crippen LogP contribution in [-0.2, 0) is 18.5 Å². The van der Waals surface area contributed by atoms with Crippen molar-refractivity contribution in [1.82, 2.24) is 9.55 Å². The normalized spacial score (nSPS) is 9.81. The van der Waals surface area contributed by atoms with E-state index in [1.54, 1.807) is 23.9 Å². The first-order valence-electron chi connectivity index (χ1n) is 5.59. The molecule has 112 valence electrons. The van der Waals surface area contributed by atoms with Crippen LogP contribution >= 0.6 is 0 Å². The van der Waals surface area contributed by atoms with Crippen molar-refractivity contribution in [3.05, 3.63) is 62.9 Å². The number of esters is 1. The summed E-state index contributed by atoms with van der Waals surface area (Å²) < 4.78 is 19.9. The lowest BCUT2D eigenvalue weighted by molar-refractivity contribution is -0.671. The summed E-state index contributed by atoms with van der Waals surface area (Å²) in [5.74, 6) is -1.86. The summed E-state index contributed by atoms with van der Waals surface area (Å²) in [6, 6.07) is 3.15. The maximum absolute atomic E-state index is 13.0. The van der Waals surface area contributed by atoms with E-state index in [1.165, 1.54) is 12.3 Å². The Balaban J connectivity index is 0.00000220. The SMILES string of the molecule is C[n+]1cccc(C(=O)OCn2c(=O)[nH]cc(F)c2=O)c1.[I-]. The number of carbonyl (C=O) groups excluding carboxylic acids is 1. The highest BCUT2D eigenvalue weighted by atomic mass is 127. The smallest absolute Gasteiger partial charge is 0.345 e. The summed E-state index contributed by atoms with van der Waals surface area (Å²) in [6.45, 7) is -0.663. The highest BCUT2D eigenvalue weighted by molar-refractivity contribution is 5.88.